The predicted octanol–water partition coefficient (Wildman–Crippen LogP) is 3.15. The van der Waals surface area contributed by atoms with Gasteiger partial charge in [-0.25, -0.2) is 8.42 Å². The molecule has 1 aromatic heterocycles. The van der Waals surface area contributed by atoms with E-state index < -0.39 is 10.0 Å². The summed E-state index contributed by atoms with van der Waals surface area (Å²) >= 11 is 0. The van der Waals surface area contributed by atoms with Crippen LogP contribution in [0.25, 0.3) is 11.4 Å². The fourth-order valence-corrected chi connectivity index (χ4v) is 4.77. The van der Waals surface area contributed by atoms with E-state index >= 15 is 0 Å². The summed E-state index contributed by atoms with van der Waals surface area (Å²) in [6, 6.07) is 12.6. The number of methoxy groups -OCH3 is 1. The third kappa shape index (κ3) is 3.18. The van der Waals surface area contributed by atoms with Crippen LogP contribution in [-0.4, -0.2) is 43.1 Å². The molecule has 0 unspecified atom stereocenters. The number of rotatable bonds is 5. The topological polar surface area (TPSA) is 85.5 Å². The maximum Gasteiger partial charge on any atom is 0.243 e. The number of aromatic nitrogens is 2. The molecule has 1 saturated heterocycles. The zero-order valence-electron chi connectivity index (χ0n) is 15.9. The SMILES string of the molecule is COc1ccccc1-c1noc(C2CN(S(=O)(=O)c3ccc(C)c(C)c3)C2)n1. The first-order valence-corrected chi connectivity index (χ1v) is 10.4. The Morgan fingerprint density at radius 3 is 2.57 bits per heavy atom. The summed E-state index contributed by atoms with van der Waals surface area (Å²) < 4.78 is 37.8. The van der Waals surface area contributed by atoms with Crippen molar-refractivity contribution in [2.45, 2.75) is 24.7 Å². The van der Waals surface area contributed by atoms with Crippen molar-refractivity contribution in [2.75, 3.05) is 20.2 Å². The molecule has 0 bridgehead atoms. The second-order valence-corrected chi connectivity index (χ2v) is 8.86. The third-order valence-corrected chi connectivity index (χ3v) is 6.93. The first-order chi connectivity index (χ1) is 13.4. The molecule has 0 radical (unpaired) electrons. The summed E-state index contributed by atoms with van der Waals surface area (Å²) in [6.45, 7) is 4.51. The Morgan fingerprint density at radius 2 is 1.86 bits per heavy atom. The van der Waals surface area contributed by atoms with Crippen molar-refractivity contribution in [3.05, 3.63) is 59.5 Å². The van der Waals surface area contributed by atoms with Gasteiger partial charge in [-0.15, -0.1) is 0 Å². The van der Waals surface area contributed by atoms with Gasteiger partial charge in [0.1, 0.15) is 5.75 Å². The normalized spacial score (nSPS) is 15.4. The third-order valence-electron chi connectivity index (χ3n) is 5.10. The average Bonchev–Trinajstić information content (AvgIpc) is 3.11. The lowest BCUT2D eigenvalue weighted by atomic mass is 10.0. The standard InChI is InChI=1S/C20H21N3O4S/c1-13-8-9-16(10-14(13)2)28(24,25)23-11-15(12-23)20-21-19(22-27-20)17-6-4-5-7-18(17)26-3/h4-10,15H,11-12H2,1-3H3. The number of aryl methyl sites for hydroxylation is 2. The molecule has 0 amide bonds. The van der Waals surface area contributed by atoms with Crippen molar-refractivity contribution in [3.8, 4) is 17.1 Å². The lowest BCUT2D eigenvalue weighted by molar-refractivity contribution is 0.217. The maximum absolute atomic E-state index is 12.8. The van der Waals surface area contributed by atoms with Crippen LogP contribution < -0.4 is 4.74 Å². The van der Waals surface area contributed by atoms with Crippen LogP contribution in [0.3, 0.4) is 0 Å². The van der Waals surface area contributed by atoms with Gasteiger partial charge >= 0.3 is 0 Å². The van der Waals surface area contributed by atoms with Crippen LogP contribution >= 0.6 is 0 Å². The first-order valence-electron chi connectivity index (χ1n) is 8.94. The highest BCUT2D eigenvalue weighted by Crippen LogP contribution is 2.34. The summed E-state index contributed by atoms with van der Waals surface area (Å²) in [5.41, 5.74) is 2.76. The molecule has 1 aliphatic heterocycles. The van der Waals surface area contributed by atoms with E-state index in [-0.39, 0.29) is 5.92 Å². The van der Waals surface area contributed by atoms with Gasteiger partial charge in [0, 0.05) is 13.1 Å². The summed E-state index contributed by atoms with van der Waals surface area (Å²) in [6.07, 6.45) is 0. The van der Waals surface area contributed by atoms with E-state index in [9.17, 15) is 8.42 Å². The zero-order valence-corrected chi connectivity index (χ0v) is 16.7. The molecule has 4 rings (SSSR count). The molecule has 2 heterocycles. The summed E-state index contributed by atoms with van der Waals surface area (Å²) in [4.78, 5) is 4.76. The molecule has 2 aromatic carbocycles. The molecule has 28 heavy (non-hydrogen) atoms. The molecule has 0 N–H and O–H groups in total. The van der Waals surface area contributed by atoms with Crippen molar-refractivity contribution in [1.29, 1.82) is 0 Å². The van der Waals surface area contributed by atoms with Crippen LogP contribution in [0.1, 0.15) is 22.9 Å². The molecular weight excluding hydrogens is 378 g/mol. The van der Waals surface area contributed by atoms with E-state index in [0.717, 1.165) is 16.7 Å². The highest BCUT2D eigenvalue weighted by molar-refractivity contribution is 7.89. The Labute approximate surface area is 164 Å². The minimum absolute atomic E-state index is 0.114. The van der Waals surface area contributed by atoms with E-state index in [0.29, 0.717) is 35.4 Å². The molecule has 0 aliphatic carbocycles. The van der Waals surface area contributed by atoms with Gasteiger partial charge in [-0.05, 0) is 49.2 Å². The van der Waals surface area contributed by atoms with Crippen molar-refractivity contribution < 1.29 is 17.7 Å². The van der Waals surface area contributed by atoms with Gasteiger partial charge in [-0.1, -0.05) is 23.4 Å². The molecule has 8 heteroatoms. The lowest BCUT2D eigenvalue weighted by Crippen LogP contribution is -2.48. The fourth-order valence-electron chi connectivity index (χ4n) is 3.15. The van der Waals surface area contributed by atoms with Crippen LogP contribution in [0, 0.1) is 13.8 Å². The smallest absolute Gasteiger partial charge is 0.243 e. The molecule has 0 atom stereocenters. The van der Waals surface area contributed by atoms with E-state index in [1.807, 2.05) is 44.2 Å². The van der Waals surface area contributed by atoms with E-state index in [1.165, 1.54) is 4.31 Å². The van der Waals surface area contributed by atoms with Crippen LogP contribution in [0.4, 0.5) is 0 Å². The van der Waals surface area contributed by atoms with Gasteiger partial charge in [0.2, 0.25) is 21.7 Å². The molecule has 1 aliphatic rings. The second-order valence-electron chi connectivity index (χ2n) is 6.92. The number of hydrogen-bond donors (Lipinski definition) is 0. The molecular formula is C20H21N3O4S. The van der Waals surface area contributed by atoms with Crippen LogP contribution in [-0.2, 0) is 10.0 Å². The number of nitrogens with zero attached hydrogens (tertiary/aromatic N) is 3. The predicted molar refractivity (Wildman–Crippen MR) is 104 cm³/mol. The van der Waals surface area contributed by atoms with Gasteiger partial charge < -0.3 is 9.26 Å². The minimum Gasteiger partial charge on any atom is -0.496 e. The van der Waals surface area contributed by atoms with Gasteiger partial charge in [0.25, 0.3) is 0 Å². The number of sulfonamides is 1. The zero-order chi connectivity index (χ0) is 19.9. The van der Waals surface area contributed by atoms with Gasteiger partial charge in [-0.3, -0.25) is 0 Å². The summed E-state index contributed by atoms with van der Waals surface area (Å²) in [7, 11) is -1.93. The quantitative estimate of drug-likeness (QED) is 0.655. The fraction of sp³-hybridized carbons (Fsp3) is 0.300. The van der Waals surface area contributed by atoms with Gasteiger partial charge in [0.05, 0.1) is 23.5 Å². The summed E-state index contributed by atoms with van der Waals surface area (Å²) in [5.74, 6) is 1.41. The number of hydrogen-bond acceptors (Lipinski definition) is 6. The Kier molecular flexibility index (Phi) is 4.68. The van der Waals surface area contributed by atoms with Crippen molar-refractivity contribution in [1.82, 2.24) is 14.4 Å². The van der Waals surface area contributed by atoms with Crippen molar-refractivity contribution in [3.63, 3.8) is 0 Å². The molecule has 0 spiro atoms. The Balaban J connectivity index is 1.50. The summed E-state index contributed by atoms with van der Waals surface area (Å²) in [5, 5.41) is 4.03. The number of ether oxygens (including phenoxy) is 1. The second kappa shape index (κ2) is 7.03. The van der Waals surface area contributed by atoms with Crippen LogP contribution in [0.15, 0.2) is 51.9 Å². The highest BCUT2D eigenvalue weighted by Gasteiger charge is 2.40. The molecule has 0 saturated carbocycles. The average molecular weight is 399 g/mol. The molecule has 146 valence electrons. The van der Waals surface area contributed by atoms with Gasteiger partial charge in [-0.2, -0.15) is 9.29 Å². The molecule has 3 aromatic rings. The van der Waals surface area contributed by atoms with Crippen LogP contribution in [0.2, 0.25) is 0 Å². The Bertz CT molecular complexity index is 1120. The monoisotopic (exact) mass is 399 g/mol. The maximum atomic E-state index is 12.8. The number of para-hydroxylation sites is 1. The molecule has 7 nitrogen and oxygen atoms in total. The van der Waals surface area contributed by atoms with E-state index in [1.54, 1.807) is 19.2 Å². The lowest BCUT2D eigenvalue weighted by Gasteiger charge is -2.35. The van der Waals surface area contributed by atoms with Crippen molar-refractivity contribution >= 4 is 10.0 Å². The van der Waals surface area contributed by atoms with Crippen LogP contribution in [0.5, 0.6) is 5.75 Å². The Hall–Kier alpha value is -2.71. The first kappa shape index (κ1) is 18.6. The minimum atomic E-state index is -3.51. The molecule has 1 fully saturated rings. The van der Waals surface area contributed by atoms with Crippen molar-refractivity contribution in [2.24, 2.45) is 0 Å². The van der Waals surface area contributed by atoms with E-state index in [2.05, 4.69) is 10.1 Å². The van der Waals surface area contributed by atoms with E-state index in [4.69, 9.17) is 9.26 Å². The Morgan fingerprint density at radius 1 is 1.11 bits per heavy atom. The van der Waals surface area contributed by atoms with Gasteiger partial charge in [0.15, 0.2) is 0 Å². The number of benzene rings is 2. The highest BCUT2D eigenvalue weighted by atomic mass is 32.2. The largest absolute Gasteiger partial charge is 0.496 e.